The molecule has 0 bridgehead atoms. The zero-order valence-electron chi connectivity index (χ0n) is 19.0. The van der Waals surface area contributed by atoms with Gasteiger partial charge in [0.05, 0.1) is 35.2 Å². The van der Waals surface area contributed by atoms with E-state index in [0.29, 0.717) is 11.4 Å². The number of rotatable bonds is 6. The van der Waals surface area contributed by atoms with E-state index in [0.717, 1.165) is 17.3 Å². The van der Waals surface area contributed by atoms with E-state index < -0.39 is 11.7 Å². The Hall–Kier alpha value is -3.31. The smallest absolute Gasteiger partial charge is 0.234 e. The molecule has 2 aromatic rings. The molecule has 0 spiro atoms. The Bertz CT molecular complexity index is 1150. The topological polar surface area (TPSA) is 91.2 Å². The molecule has 2 N–H and O–H groups in total. The number of nitrogens with zero attached hydrogens (tertiary/aromatic N) is 1. The van der Waals surface area contributed by atoms with Gasteiger partial charge >= 0.3 is 0 Å². The molecular formula is C25H26FN3O3S. The number of nitrogens with one attached hydrogen (secondary N) is 2. The molecule has 0 saturated carbocycles. The van der Waals surface area contributed by atoms with Crippen LogP contribution in [0.4, 0.5) is 10.1 Å². The quantitative estimate of drug-likeness (QED) is 0.634. The Morgan fingerprint density at radius 2 is 2.03 bits per heavy atom. The van der Waals surface area contributed by atoms with E-state index in [2.05, 4.69) is 37.5 Å². The fourth-order valence-electron chi connectivity index (χ4n) is 3.55. The Morgan fingerprint density at radius 1 is 1.30 bits per heavy atom. The molecule has 8 heteroatoms. The molecule has 0 aromatic heterocycles. The average molecular weight is 468 g/mol. The number of halogens is 1. The first kappa shape index (κ1) is 24.3. The first-order valence-electron chi connectivity index (χ1n) is 10.4. The van der Waals surface area contributed by atoms with E-state index in [1.807, 2.05) is 12.1 Å². The lowest BCUT2D eigenvalue weighted by Gasteiger charge is -2.25. The molecule has 1 heterocycles. The number of thioether (sulfide) groups is 1. The molecule has 2 amide bonds. The molecule has 1 aliphatic heterocycles. The Labute approximate surface area is 197 Å². The normalized spacial score (nSPS) is 16.1. The summed E-state index contributed by atoms with van der Waals surface area (Å²) in [5.41, 5.74) is 2.00. The van der Waals surface area contributed by atoms with E-state index in [-0.39, 0.29) is 45.6 Å². The number of anilines is 1. The number of benzene rings is 2. The second-order valence-corrected chi connectivity index (χ2v) is 9.67. The average Bonchev–Trinajstić information content (AvgIpc) is 2.77. The maximum atomic E-state index is 14.3. The molecule has 1 aliphatic rings. The zero-order valence-corrected chi connectivity index (χ0v) is 19.8. The van der Waals surface area contributed by atoms with Crippen LogP contribution in [0.2, 0.25) is 0 Å². The maximum absolute atomic E-state index is 14.3. The lowest BCUT2D eigenvalue weighted by Crippen LogP contribution is -2.31. The molecule has 2 aromatic carbocycles. The molecule has 0 radical (unpaired) electrons. The van der Waals surface area contributed by atoms with Crippen molar-refractivity contribution in [2.24, 2.45) is 0 Å². The van der Waals surface area contributed by atoms with Gasteiger partial charge in [0, 0.05) is 12.3 Å². The Balaban J connectivity index is 1.80. The summed E-state index contributed by atoms with van der Waals surface area (Å²) in [7, 11) is 1.53. The molecule has 33 heavy (non-hydrogen) atoms. The van der Waals surface area contributed by atoms with Gasteiger partial charge in [-0.2, -0.15) is 5.26 Å². The van der Waals surface area contributed by atoms with Crippen molar-refractivity contribution in [2.45, 2.75) is 38.5 Å². The Kier molecular flexibility index (Phi) is 7.44. The van der Waals surface area contributed by atoms with Crippen molar-refractivity contribution in [1.29, 1.82) is 5.26 Å². The molecule has 172 valence electrons. The van der Waals surface area contributed by atoms with Gasteiger partial charge in [-0.05, 0) is 34.7 Å². The molecule has 0 fully saturated rings. The highest BCUT2D eigenvalue weighted by Gasteiger charge is 2.31. The van der Waals surface area contributed by atoms with Crippen molar-refractivity contribution < 1.29 is 18.7 Å². The largest absolute Gasteiger partial charge is 0.495 e. The van der Waals surface area contributed by atoms with Crippen LogP contribution < -0.4 is 15.4 Å². The van der Waals surface area contributed by atoms with Gasteiger partial charge in [-0.25, -0.2) is 4.39 Å². The van der Waals surface area contributed by atoms with Gasteiger partial charge in [0.1, 0.15) is 11.6 Å². The summed E-state index contributed by atoms with van der Waals surface area (Å²) in [5, 5.41) is 15.5. The van der Waals surface area contributed by atoms with Gasteiger partial charge in [-0.3, -0.25) is 9.59 Å². The second-order valence-electron chi connectivity index (χ2n) is 8.68. The third-order valence-corrected chi connectivity index (χ3v) is 6.34. The van der Waals surface area contributed by atoms with Crippen molar-refractivity contribution in [1.82, 2.24) is 5.32 Å². The fraction of sp³-hybridized carbons (Fsp3) is 0.320. The van der Waals surface area contributed by atoms with Crippen LogP contribution in [0.3, 0.4) is 0 Å². The van der Waals surface area contributed by atoms with Crippen LogP contribution in [0.1, 0.15) is 44.2 Å². The van der Waals surface area contributed by atoms with E-state index >= 15 is 0 Å². The molecule has 1 atom stereocenters. The zero-order chi connectivity index (χ0) is 24.2. The fourth-order valence-corrected chi connectivity index (χ4v) is 4.43. The van der Waals surface area contributed by atoms with Crippen molar-refractivity contribution in [3.63, 3.8) is 0 Å². The van der Waals surface area contributed by atoms with Gasteiger partial charge in [-0.15, -0.1) is 0 Å². The summed E-state index contributed by atoms with van der Waals surface area (Å²) in [6.45, 7) is 6.22. The SMILES string of the molecule is COc1ccc(C(C)(C)C)cc1NC(=O)CSC1=C(C#N)[C@@H](c2ccccc2F)CC(=O)N1. The highest BCUT2D eigenvalue weighted by Crippen LogP contribution is 2.37. The van der Waals surface area contributed by atoms with Gasteiger partial charge in [0.15, 0.2) is 0 Å². The summed E-state index contributed by atoms with van der Waals surface area (Å²) in [4.78, 5) is 25.0. The minimum absolute atomic E-state index is 0.0309. The number of allylic oxidation sites excluding steroid dienone is 1. The van der Waals surface area contributed by atoms with Gasteiger partial charge in [0.2, 0.25) is 11.8 Å². The number of methoxy groups -OCH3 is 1. The van der Waals surface area contributed by atoms with Gasteiger partial charge < -0.3 is 15.4 Å². The van der Waals surface area contributed by atoms with Crippen molar-refractivity contribution >= 4 is 29.3 Å². The van der Waals surface area contributed by atoms with Crippen LogP contribution >= 0.6 is 11.8 Å². The number of hydrogen-bond acceptors (Lipinski definition) is 5. The predicted molar refractivity (Wildman–Crippen MR) is 127 cm³/mol. The monoisotopic (exact) mass is 467 g/mol. The predicted octanol–water partition coefficient (Wildman–Crippen LogP) is 4.84. The lowest BCUT2D eigenvalue weighted by atomic mass is 9.87. The van der Waals surface area contributed by atoms with Crippen LogP contribution in [0, 0.1) is 17.1 Å². The van der Waals surface area contributed by atoms with Crippen LogP contribution in [0.5, 0.6) is 5.75 Å². The number of amides is 2. The van der Waals surface area contributed by atoms with E-state index in [9.17, 15) is 19.2 Å². The first-order valence-corrected chi connectivity index (χ1v) is 11.4. The number of carbonyl (C=O) groups is 2. The van der Waals surface area contributed by atoms with E-state index in [1.165, 1.54) is 13.2 Å². The van der Waals surface area contributed by atoms with Crippen LogP contribution in [0.25, 0.3) is 0 Å². The van der Waals surface area contributed by atoms with Gasteiger partial charge in [-0.1, -0.05) is 56.8 Å². The third-order valence-electron chi connectivity index (χ3n) is 5.32. The lowest BCUT2D eigenvalue weighted by molar-refractivity contribution is -0.121. The summed E-state index contributed by atoms with van der Waals surface area (Å²) in [5.74, 6) is -1.34. The van der Waals surface area contributed by atoms with Crippen molar-refractivity contribution in [2.75, 3.05) is 18.2 Å². The molecular weight excluding hydrogens is 441 g/mol. The molecule has 0 saturated heterocycles. The molecule has 6 nitrogen and oxygen atoms in total. The Morgan fingerprint density at radius 3 is 2.67 bits per heavy atom. The minimum atomic E-state index is -0.695. The van der Waals surface area contributed by atoms with E-state index in [4.69, 9.17) is 4.74 Å². The highest BCUT2D eigenvalue weighted by atomic mass is 32.2. The minimum Gasteiger partial charge on any atom is -0.495 e. The number of nitriles is 1. The molecule has 0 unspecified atom stereocenters. The molecule has 0 aliphatic carbocycles. The van der Waals surface area contributed by atoms with Crippen LogP contribution in [-0.2, 0) is 15.0 Å². The number of carbonyl (C=O) groups excluding carboxylic acids is 2. The van der Waals surface area contributed by atoms with Crippen molar-refractivity contribution in [3.05, 3.63) is 70.0 Å². The van der Waals surface area contributed by atoms with Gasteiger partial charge in [0.25, 0.3) is 0 Å². The van der Waals surface area contributed by atoms with E-state index in [1.54, 1.807) is 24.3 Å². The summed E-state index contributed by atoms with van der Waals surface area (Å²) in [6.07, 6.45) is -0.0309. The van der Waals surface area contributed by atoms with Crippen LogP contribution in [0.15, 0.2) is 53.1 Å². The maximum Gasteiger partial charge on any atom is 0.234 e. The first-order chi connectivity index (χ1) is 15.6. The van der Waals surface area contributed by atoms with Crippen LogP contribution in [-0.4, -0.2) is 24.7 Å². The highest BCUT2D eigenvalue weighted by molar-refractivity contribution is 8.03. The third kappa shape index (κ3) is 5.74. The molecule has 3 rings (SSSR count). The number of ether oxygens (including phenoxy) is 1. The standard InChI is InChI=1S/C25H26FN3O3S/c1-25(2,3)15-9-10-21(32-4)20(11-15)28-23(31)14-33-24-18(13-27)17(12-22(30)29-24)16-7-5-6-8-19(16)26/h5-11,17H,12,14H2,1-4H3,(H,28,31)(H,29,30)/t17-/m1/s1. The summed E-state index contributed by atoms with van der Waals surface area (Å²) >= 11 is 1.04. The number of hydrogen-bond donors (Lipinski definition) is 2. The van der Waals surface area contributed by atoms with Crippen molar-refractivity contribution in [3.8, 4) is 11.8 Å². The summed E-state index contributed by atoms with van der Waals surface area (Å²) in [6, 6.07) is 13.8. The second kappa shape index (κ2) is 10.1. The summed E-state index contributed by atoms with van der Waals surface area (Å²) < 4.78 is 19.7.